The van der Waals surface area contributed by atoms with Crippen LogP contribution in [0.5, 0.6) is 0 Å². The Labute approximate surface area is 245 Å². The molecular weight excluding hydrogens is 504 g/mol. The first-order chi connectivity index (χ1) is 19.9. The van der Waals surface area contributed by atoms with Crippen LogP contribution in [0.2, 0.25) is 0 Å². The van der Waals surface area contributed by atoms with Gasteiger partial charge in [-0.3, -0.25) is 9.69 Å². The molecule has 0 aliphatic carbocycles. The van der Waals surface area contributed by atoms with E-state index in [9.17, 15) is 4.79 Å². The number of para-hydroxylation sites is 2. The quantitative estimate of drug-likeness (QED) is 0.256. The SMILES string of the molecule is CN(C)c1ccc(C(=O)N2CCC(C)(N3CCC(N(c4ccccc4)c4ccccc4)CC3)CC2)c2ccccc12. The summed E-state index contributed by atoms with van der Waals surface area (Å²) in [6.07, 6.45) is 4.29. The summed E-state index contributed by atoms with van der Waals surface area (Å²) in [6, 6.07) is 34.5. The summed E-state index contributed by atoms with van der Waals surface area (Å²) in [5, 5.41) is 2.17. The van der Waals surface area contributed by atoms with E-state index in [4.69, 9.17) is 0 Å². The number of hydrogen-bond acceptors (Lipinski definition) is 4. The Morgan fingerprint density at radius 1 is 0.707 bits per heavy atom. The third kappa shape index (κ3) is 5.43. The van der Waals surface area contributed by atoms with Crippen molar-refractivity contribution in [3.8, 4) is 0 Å². The van der Waals surface area contributed by atoms with Crippen LogP contribution < -0.4 is 9.80 Å². The topological polar surface area (TPSA) is 30.0 Å². The van der Waals surface area contributed by atoms with Crippen molar-refractivity contribution in [2.45, 2.75) is 44.2 Å². The Morgan fingerprint density at radius 2 is 1.24 bits per heavy atom. The van der Waals surface area contributed by atoms with Crippen LogP contribution in [0.3, 0.4) is 0 Å². The molecule has 6 rings (SSSR count). The van der Waals surface area contributed by atoms with Gasteiger partial charge in [0.25, 0.3) is 5.91 Å². The molecule has 5 nitrogen and oxygen atoms in total. The summed E-state index contributed by atoms with van der Waals surface area (Å²) >= 11 is 0. The van der Waals surface area contributed by atoms with Crippen LogP contribution in [0.25, 0.3) is 10.8 Å². The zero-order valence-electron chi connectivity index (χ0n) is 24.7. The predicted octanol–water partition coefficient (Wildman–Crippen LogP) is 7.20. The zero-order valence-corrected chi connectivity index (χ0v) is 24.7. The fraction of sp³-hybridized carbons (Fsp3) is 0.361. The molecule has 41 heavy (non-hydrogen) atoms. The number of hydrogen-bond donors (Lipinski definition) is 0. The van der Waals surface area contributed by atoms with Crippen molar-refractivity contribution < 1.29 is 4.79 Å². The third-order valence-electron chi connectivity index (χ3n) is 9.40. The van der Waals surface area contributed by atoms with Crippen LogP contribution in [0, 0.1) is 0 Å². The molecule has 0 radical (unpaired) electrons. The Bertz CT molecular complexity index is 1430. The number of carbonyl (C=O) groups is 1. The van der Waals surface area contributed by atoms with Crippen LogP contribution in [0.1, 0.15) is 43.0 Å². The minimum atomic E-state index is 0.128. The van der Waals surface area contributed by atoms with Crippen LogP contribution in [0.4, 0.5) is 17.1 Å². The minimum Gasteiger partial charge on any atom is -0.377 e. The maximum Gasteiger partial charge on any atom is 0.254 e. The van der Waals surface area contributed by atoms with Crippen LogP contribution in [0.15, 0.2) is 97.1 Å². The lowest BCUT2D eigenvalue weighted by Gasteiger charge is -2.50. The number of likely N-dealkylation sites (tertiary alicyclic amines) is 2. The number of anilines is 3. The number of rotatable bonds is 6. The molecule has 4 aromatic carbocycles. The molecule has 2 heterocycles. The smallest absolute Gasteiger partial charge is 0.254 e. The molecule has 0 bridgehead atoms. The fourth-order valence-corrected chi connectivity index (χ4v) is 6.95. The van der Waals surface area contributed by atoms with Gasteiger partial charge in [-0.2, -0.15) is 0 Å². The first kappa shape index (κ1) is 27.3. The Morgan fingerprint density at radius 3 is 1.80 bits per heavy atom. The van der Waals surface area contributed by atoms with Gasteiger partial charge >= 0.3 is 0 Å². The Balaban J connectivity index is 1.12. The molecule has 5 heteroatoms. The lowest BCUT2D eigenvalue weighted by Crippen LogP contribution is -2.57. The molecule has 0 N–H and O–H groups in total. The van der Waals surface area contributed by atoms with E-state index >= 15 is 0 Å². The van der Waals surface area contributed by atoms with Crippen LogP contribution in [-0.2, 0) is 0 Å². The molecule has 4 aromatic rings. The van der Waals surface area contributed by atoms with Crippen molar-refractivity contribution in [1.82, 2.24) is 9.80 Å². The van der Waals surface area contributed by atoms with Crippen LogP contribution in [-0.4, -0.2) is 67.6 Å². The maximum absolute atomic E-state index is 13.8. The Hall–Kier alpha value is -3.83. The molecule has 2 aliphatic heterocycles. The monoisotopic (exact) mass is 546 g/mol. The normalized spacial score (nSPS) is 17.9. The lowest BCUT2D eigenvalue weighted by molar-refractivity contribution is 0.0178. The second-order valence-electron chi connectivity index (χ2n) is 12.1. The van der Waals surface area contributed by atoms with E-state index in [2.05, 4.69) is 126 Å². The van der Waals surface area contributed by atoms with Gasteiger partial charge in [-0.05, 0) is 74.4 Å². The van der Waals surface area contributed by atoms with Gasteiger partial charge in [-0.25, -0.2) is 0 Å². The molecular formula is C36H42N4O. The molecule has 2 aliphatic rings. The van der Waals surface area contributed by atoms with Gasteiger partial charge in [0.15, 0.2) is 0 Å². The molecule has 212 valence electrons. The van der Waals surface area contributed by atoms with Gasteiger partial charge in [0.1, 0.15) is 0 Å². The average molecular weight is 547 g/mol. The summed E-state index contributed by atoms with van der Waals surface area (Å²) in [5.41, 5.74) is 4.62. The molecule has 0 spiro atoms. The molecule has 2 saturated heterocycles. The van der Waals surface area contributed by atoms with Crippen molar-refractivity contribution in [2.75, 3.05) is 50.1 Å². The molecule has 2 fully saturated rings. The number of nitrogens with zero attached hydrogens (tertiary/aromatic N) is 4. The van der Waals surface area contributed by atoms with E-state index in [1.165, 1.54) is 11.4 Å². The zero-order chi connectivity index (χ0) is 28.4. The van der Waals surface area contributed by atoms with E-state index in [0.717, 1.165) is 73.9 Å². The minimum absolute atomic E-state index is 0.128. The van der Waals surface area contributed by atoms with E-state index in [1.54, 1.807) is 0 Å². The van der Waals surface area contributed by atoms with Gasteiger partial charge in [-0.1, -0.05) is 60.7 Å². The van der Waals surface area contributed by atoms with Gasteiger partial charge in [0.05, 0.1) is 0 Å². The van der Waals surface area contributed by atoms with E-state index in [1.807, 2.05) is 12.1 Å². The second-order valence-corrected chi connectivity index (χ2v) is 12.1. The average Bonchev–Trinajstić information content (AvgIpc) is 3.02. The summed E-state index contributed by atoms with van der Waals surface area (Å²) in [4.78, 5) is 23.2. The number of benzene rings is 4. The third-order valence-corrected chi connectivity index (χ3v) is 9.40. The molecule has 1 amide bonds. The fourth-order valence-electron chi connectivity index (χ4n) is 6.95. The molecule has 0 unspecified atom stereocenters. The highest BCUT2D eigenvalue weighted by molar-refractivity contribution is 6.10. The van der Waals surface area contributed by atoms with Crippen molar-refractivity contribution in [3.63, 3.8) is 0 Å². The summed E-state index contributed by atoms with van der Waals surface area (Å²) < 4.78 is 0. The highest BCUT2D eigenvalue weighted by atomic mass is 16.2. The van der Waals surface area contributed by atoms with Crippen LogP contribution >= 0.6 is 0 Å². The standard InChI is InChI=1S/C36H42N4O/c1-36(39-24-20-30(21-25-39)40(28-12-6-4-7-13-28)29-14-8-5-9-15-29)22-26-38(27-23-36)35(41)33-18-19-34(37(2)3)32-17-11-10-16-31(32)33/h4-19,30H,20-27H2,1-3H3. The highest BCUT2D eigenvalue weighted by Gasteiger charge is 2.39. The van der Waals surface area contributed by atoms with Gasteiger partial charge in [0.2, 0.25) is 0 Å². The first-order valence-corrected chi connectivity index (χ1v) is 15.1. The molecule has 0 aromatic heterocycles. The van der Waals surface area contributed by atoms with Gasteiger partial charge in [-0.15, -0.1) is 0 Å². The van der Waals surface area contributed by atoms with E-state index in [0.29, 0.717) is 6.04 Å². The maximum atomic E-state index is 13.8. The number of amides is 1. The highest BCUT2D eigenvalue weighted by Crippen LogP contribution is 2.37. The summed E-state index contributed by atoms with van der Waals surface area (Å²) in [7, 11) is 4.11. The van der Waals surface area contributed by atoms with E-state index in [-0.39, 0.29) is 11.4 Å². The predicted molar refractivity (Wildman–Crippen MR) is 171 cm³/mol. The van der Waals surface area contributed by atoms with Gasteiger partial charge in [0, 0.05) is 79.9 Å². The number of fused-ring (bicyclic) bond motifs is 1. The molecule has 0 saturated carbocycles. The second kappa shape index (κ2) is 11.6. The number of piperidine rings is 2. The number of carbonyl (C=O) groups excluding carboxylic acids is 1. The van der Waals surface area contributed by atoms with Crippen molar-refractivity contribution >= 4 is 33.7 Å². The lowest BCUT2D eigenvalue weighted by atomic mass is 9.85. The van der Waals surface area contributed by atoms with Gasteiger partial charge < -0.3 is 14.7 Å². The first-order valence-electron chi connectivity index (χ1n) is 15.1. The Kier molecular flexibility index (Phi) is 7.72. The largest absolute Gasteiger partial charge is 0.377 e. The summed E-state index contributed by atoms with van der Waals surface area (Å²) in [6.45, 7) is 6.20. The van der Waals surface area contributed by atoms with Crippen molar-refractivity contribution in [1.29, 1.82) is 0 Å². The summed E-state index contributed by atoms with van der Waals surface area (Å²) in [5.74, 6) is 0.161. The van der Waals surface area contributed by atoms with Crippen molar-refractivity contribution in [2.24, 2.45) is 0 Å². The molecule has 0 atom stereocenters. The van der Waals surface area contributed by atoms with E-state index < -0.39 is 0 Å². The van der Waals surface area contributed by atoms with Crippen molar-refractivity contribution in [3.05, 3.63) is 103 Å².